The van der Waals surface area contributed by atoms with Gasteiger partial charge in [0.25, 0.3) is 0 Å². The molecule has 20 heavy (non-hydrogen) atoms. The minimum atomic E-state index is 0.293. The summed E-state index contributed by atoms with van der Waals surface area (Å²) in [7, 11) is 0. The third-order valence-electron chi connectivity index (χ3n) is 4.18. The van der Waals surface area contributed by atoms with E-state index in [-0.39, 0.29) is 0 Å². The molecule has 3 rings (SSSR count). The predicted molar refractivity (Wildman–Crippen MR) is 83.6 cm³/mol. The van der Waals surface area contributed by atoms with Crippen LogP contribution in [0.15, 0.2) is 36.7 Å². The molecule has 3 heteroatoms. The van der Waals surface area contributed by atoms with Gasteiger partial charge >= 0.3 is 0 Å². The summed E-state index contributed by atoms with van der Waals surface area (Å²) in [6.45, 7) is 4.02. The summed E-state index contributed by atoms with van der Waals surface area (Å²) in [5.74, 6) is 0. The normalized spacial score (nSPS) is 16.8. The molecule has 1 heterocycles. The van der Waals surface area contributed by atoms with E-state index in [0.29, 0.717) is 12.6 Å². The molecule has 0 bridgehead atoms. The predicted octanol–water partition coefficient (Wildman–Crippen LogP) is 3.11. The Balaban J connectivity index is 2.01. The van der Waals surface area contributed by atoms with Crippen molar-refractivity contribution < 1.29 is 0 Å². The fraction of sp³-hybridized carbons (Fsp3) is 0.471. The first-order valence-electron chi connectivity index (χ1n) is 7.63. The number of hydrogen-bond donors (Lipinski definition) is 1. The summed E-state index contributed by atoms with van der Waals surface area (Å²) < 4.78 is 0. The van der Waals surface area contributed by atoms with Gasteiger partial charge < -0.3 is 5.73 Å². The van der Waals surface area contributed by atoms with Gasteiger partial charge in [0, 0.05) is 36.4 Å². The molecule has 1 aromatic carbocycles. The van der Waals surface area contributed by atoms with Crippen molar-refractivity contribution in [2.75, 3.05) is 13.1 Å². The van der Waals surface area contributed by atoms with Gasteiger partial charge in [0.15, 0.2) is 0 Å². The molecule has 1 fully saturated rings. The zero-order valence-corrected chi connectivity index (χ0v) is 12.1. The quantitative estimate of drug-likeness (QED) is 0.876. The minimum absolute atomic E-state index is 0.293. The molecule has 0 aliphatic heterocycles. The van der Waals surface area contributed by atoms with Crippen LogP contribution in [-0.4, -0.2) is 29.0 Å². The Bertz CT molecular complexity index is 572. The van der Waals surface area contributed by atoms with Crippen LogP contribution in [0.25, 0.3) is 10.8 Å². The molecule has 2 aromatic rings. The third kappa shape index (κ3) is 2.56. The average molecular weight is 269 g/mol. The lowest BCUT2D eigenvalue weighted by Gasteiger charge is -2.31. The molecule has 0 saturated heterocycles. The summed E-state index contributed by atoms with van der Waals surface area (Å²) in [4.78, 5) is 7.01. The van der Waals surface area contributed by atoms with Crippen LogP contribution in [0.4, 0.5) is 0 Å². The Labute approximate surface area is 120 Å². The van der Waals surface area contributed by atoms with Gasteiger partial charge in [-0.1, -0.05) is 31.2 Å². The standard InChI is InChI=1S/C17H23N3/c1-2-9-20(14-7-8-14)17(10-18)16-12-19-11-13-5-3-4-6-15(13)16/h3-6,11-12,14,17H,2,7-10,18H2,1H3. The Kier molecular flexibility index (Phi) is 3.99. The molecule has 0 radical (unpaired) electrons. The van der Waals surface area contributed by atoms with Gasteiger partial charge in [-0.25, -0.2) is 0 Å². The SMILES string of the molecule is CCCN(C1CC1)C(CN)c1cncc2ccccc12. The second-order valence-electron chi connectivity index (χ2n) is 5.67. The van der Waals surface area contributed by atoms with Gasteiger partial charge in [-0.2, -0.15) is 0 Å². The first kappa shape index (κ1) is 13.5. The molecule has 1 saturated carbocycles. The van der Waals surface area contributed by atoms with E-state index in [1.807, 2.05) is 12.4 Å². The molecule has 0 spiro atoms. The van der Waals surface area contributed by atoms with Crippen molar-refractivity contribution in [3.63, 3.8) is 0 Å². The second kappa shape index (κ2) is 5.90. The van der Waals surface area contributed by atoms with Gasteiger partial charge in [-0.15, -0.1) is 0 Å². The van der Waals surface area contributed by atoms with E-state index in [9.17, 15) is 0 Å². The summed E-state index contributed by atoms with van der Waals surface area (Å²) in [6, 6.07) is 9.49. The summed E-state index contributed by atoms with van der Waals surface area (Å²) in [6.07, 6.45) is 7.74. The molecule has 1 aliphatic carbocycles. The highest BCUT2D eigenvalue weighted by molar-refractivity contribution is 5.85. The molecule has 106 valence electrons. The van der Waals surface area contributed by atoms with E-state index < -0.39 is 0 Å². The zero-order valence-electron chi connectivity index (χ0n) is 12.1. The largest absolute Gasteiger partial charge is 0.329 e. The zero-order chi connectivity index (χ0) is 13.9. The van der Waals surface area contributed by atoms with Crippen LogP contribution in [0.3, 0.4) is 0 Å². The average Bonchev–Trinajstić information content (AvgIpc) is 3.32. The Morgan fingerprint density at radius 1 is 1.30 bits per heavy atom. The maximum absolute atomic E-state index is 6.12. The molecule has 1 aromatic heterocycles. The van der Waals surface area contributed by atoms with Crippen LogP contribution in [0.2, 0.25) is 0 Å². The number of rotatable bonds is 6. The lowest BCUT2D eigenvalue weighted by atomic mass is 10.00. The molecular weight excluding hydrogens is 246 g/mol. The number of aromatic nitrogens is 1. The van der Waals surface area contributed by atoms with Crippen LogP contribution in [0.1, 0.15) is 37.8 Å². The van der Waals surface area contributed by atoms with Gasteiger partial charge in [-0.05, 0) is 36.8 Å². The van der Waals surface area contributed by atoms with Crippen molar-refractivity contribution in [3.8, 4) is 0 Å². The van der Waals surface area contributed by atoms with Crippen molar-refractivity contribution in [3.05, 3.63) is 42.2 Å². The smallest absolute Gasteiger partial charge is 0.0494 e. The minimum Gasteiger partial charge on any atom is -0.329 e. The molecule has 0 amide bonds. The van der Waals surface area contributed by atoms with Crippen molar-refractivity contribution in [1.29, 1.82) is 0 Å². The van der Waals surface area contributed by atoms with Crippen molar-refractivity contribution in [2.24, 2.45) is 5.73 Å². The van der Waals surface area contributed by atoms with E-state index >= 15 is 0 Å². The number of benzene rings is 1. The third-order valence-corrected chi connectivity index (χ3v) is 4.18. The fourth-order valence-corrected chi connectivity index (χ4v) is 3.10. The van der Waals surface area contributed by atoms with Crippen molar-refractivity contribution >= 4 is 10.8 Å². The number of nitrogens with two attached hydrogens (primary N) is 1. The summed E-state index contributed by atoms with van der Waals surface area (Å²) in [5, 5.41) is 2.50. The monoisotopic (exact) mass is 269 g/mol. The first-order valence-corrected chi connectivity index (χ1v) is 7.63. The van der Waals surface area contributed by atoms with E-state index in [1.165, 1.54) is 35.6 Å². The summed E-state index contributed by atoms with van der Waals surface area (Å²) in [5.41, 5.74) is 7.41. The molecular formula is C17H23N3. The number of hydrogen-bond acceptors (Lipinski definition) is 3. The maximum Gasteiger partial charge on any atom is 0.0494 e. The van der Waals surface area contributed by atoms with E-state index in [0.717, 1.165) is 12.6 Å². The molecule has 1 unspecified atom stereocenters. The van der Waals surface area contributed by atoms with Gasteiger partial charge in [0.2, 0.25) is 0 Å². The van der Waals surface area contributed by atoms with E-state index in [1.54, 1.807) is 0 Å². The maximum atomic E-state index is 6.12. The lowest BCUT2D eigenvalue weighted by Crippen LogP contribution is -2.36. The van der Waals surface area contributed by atoms with Gasteiger partial charge in [-0.3, -0.25) is 9.88 Å². The van der Waals surface area contributed by atoms with Gasteiger partial charge in [0.1, 0.15) is 0 Å². The molecule has 2 N–H and O–H groups in total. The van der Waals surface area contributed by atoms with Crippen LogP contribution in [0.5, 0.6) is 0 Å². The van der Waals surface area contributed by atoms with Crippen LogP contribution >= 0.6 is 0 Å². The van der Waals surface area contributed by atoms with Crippen LogP contribution in [-0.2, 0) is 0 Å². The first-order chi connectivity index (χ1) is 9.85. The van der Waals surface area contributed by atoms with E-state index in [2.05, 4.69) is 41.1 Å². The second-order valence-corrected chi connectivity index (χ2v) is 5.67. The topological polar surface area (TPSA) is 42.1 Å². The van der Waals surface area contributed by atoms with E-state index in [4.69, 9.17) is 5.73 Å². The van der Waals surface area contributed by atoms with Crippen LogP contribution in [0, 0.1) is 0 Å². The number of nitrogens with zero attached hydrogens (tertiary/aromatic N) is 2. The highest BCUT2D eigenvalue weighted by Gasteiger charge is 2.34. The number of pyridine rings is 1. The molecule has 1 atom stereocenters. The highest BCUT2D eigenvalue weighted by Crippen LogP contribution is 2.36. The Morgan fingerprint density at radius 3 is 2.80 bits per heavy atom. The van der Waals surface area contributed by atoms with Gasteiger partial charge in [0.05, 0.1) is 0 Å². The fourth-order valence-electron chi connectivity index (χ4n) is 3.10. The van der Waals surface area contributed by atoms with Crippen LogP contribution < -0.4 is 5.73 Å². The van der Waals surface area contributed by atoms with Crippen molar-refractivity contribution in [1.82, 2.24) is 9.88 Å². The van der Waals surface area contributed by atoms with Crippen molar-refractivity contribution in [2.45, 2.75) is 38.3 Å². The Hall–Kier alpha value is -1.45. The molecule has 1 aliphatic rings. The lowest BCUT2D eigenvalue weighted by molar-refractivity contribution is 0.192. The molecule has 3 nitrogen and oxygen atoms in total. The highest BCUT2D eigenvalue weighted by atomic mass is 15.2. The summed E-state index contributed by atoms with van der Waals surface area (Å²) >= 11 is 0. The number of fused-ring (bicyclic) bond motifs is 1. The Morgan fingerprint density at radius 2 is 2.10 bits per heavy atom.